The number of benzene rings is 1. The van der Waals surface area contributed by atoms with E-state index in [-0.39, 0.29) is 12.3 Å². The summed E-state index contributed by atoms with van der Waals surface area (Å²) in [5, 5.41) is 23.3. The van der Waals surface area contributed by atoms with Gasteiger partial charge in [-0.2, -0.15) is 0 Å². The summed E-state index contributed by atoms with van der Waals surface area (Å²) in [6.45, 7) is 2.32. The van der Waals surface area contributed by atoms with Crippen molar-refractivity contribution in [1.29, 1.82) is 0 Å². The van der Waals surface area contributed by atoms with E-state index in [0.29, 0.717) is 11.3 Å². The van der Waals surface area contributed by atoms with Crippen LogP contribution in [-0.2, 0) is 0 Å². The molecular weight excluding hydrogens is 248 g/mol. The Morgan fingerprint density at radius 1 is 1.37 bits per heavy atom. The summed E-state index contributed by atoms with van der Waals surface area (Å²) < 4.78 is 0. The van der Waals surface area contributed by atoms with Crippen molar-refractivity contribution in [2.24, 2.45) is 0 Å². The van der Waals surface area contributed by atoms with Crippen LogP contribution in [-0.4, -0.2) is 40.8 Å². The van der Waals surface area contributed by atoms with E-state index in [1.165, 1.54) is 13.8 Å². The van der Waals surface area contributed by atoms with Crippen LogP contribution in [0, 0.1) is 0 Å². The normalized spacial score (nSPS) is 13.5. The number of hydrogen-bond donors (Lipinski definition) is 4. The first-order valence-electron chi connectivity index (χ1n) is 5.83. The van der Waals surface area contributed by atoms with Crippen molar-refractivity contribution in [3.8, 4) is 0 Å². The Bertz CT molecular complexity index is 471. The Morgan fingerprint density at radius 3 is 2.63 bits per heavy atom. The first-order chi connectivity index (χ1) is 8.84. The minimum atomic E-state index is -1.36. The quantitative estimate of drug-likeness (QED) is 0.591. The lowest BCUT2D eigenvalue weighted by Gasteiger charge is -2.20. The summed E-state index contributed by atoms with van der Waals surface area (Å²) >= 11 is 0. The molecule has 19 heavy (non-hydrogen) atoms. The van der Waals surface area contributed by atoms with Crippen LogP contribution in [0.4, 0.5) is 10.5 Å². The molecule has 1 aromatic rings. The maximum absolute atomic E-state index is 11.6. The number of aliphatic hydroxyl groups excluding tert-OH is 1. The van der Waals surface area contributed by atoms with Gasteiger partial charge in [0.1, 0.15) is 5.60 Å². The molecule has 0 saturated heterocycles. The van der Waals surface area contributed by atoms with Crippen molar-refractivity contribution in [3.63, 3.8) is 0 Å². The second kappa shape index (κ2) is 6.31. The van der Waals surface area contributed by atoms with E-state index >= 15 is 0 Å². The summed E-state index contributed by atoms with van der Waals surface area (Å²) in [6.07, 6.45) is 0. The van der Waals surface area contributed by atoms with Crippen LogP contribution in [0.1, 0.15) is 24.2 Å². The molecule has 0 bridgehead atoms. The zero-order valence-corrected chi connectivity index (χ0v) is 10.9. The van der Waals surface area contributed by atoms with E-state index in [1.54, 1.807) is 24.3 Å². The van der Waals surface area contributed by atoms with Gasteiger partial charge in [-0.15, -0.1) is 0 Å². The molecule has 1 atom stereocenters. The van der Waals surface area contributed by atoms with Gasteiger partial charge in [0.25, 0.3) is 0 Å². The van der Waals surface area contributed by atoms with Gasteiger partial charge in [-0.25, -0.2) is 4.79 Å². The molecule has 2 amide bonds. The van der Waals surface area contributed by atoms with E-state index < -0.39 is 18.2 Å². The molecule has 1 aromatic carbocycles. The summed E-state index contributed by atoms with van der Waals surface area (Å²) in [5.41, 5.74) is -0.382. The topological polar surface area (TPSA) is 98.7 Å². The fourth-order valence-corrected chi connectivity index (χ4v) is 1.32. The van der Waals surface area contributed by atoms with Gasteiger partial charge in [0.15, 0.2) is 5.78 Å². The van der Waals surface area contributed by atoms with Crippen LogP contribution in [0.3, 0.4) is 0 Å². The molecular formula is C13H18N2O4. The predicted molar refractivity (Wildman–Crippen MR) is 71.2 cm³/mol. The molecule has 0 aromatic heterocycles. The number of carbonyl (C=O) groups is 2. The highest BCUT2D eigenvalue weighted by Crippen LogP contribution is 2.11. The number of Topliss-reactive ketones (excluding diaryl/α,β-unsaturated/α-hetero) is 1. The first-order valence-corrected chi connectivity index (χ1v) is 5.83. The van der Waals surface area contributed by atoms with Crippen LogP contribution in [0.25, 0.3) is 0 Å². The second-order valence-corrected chi connectivity index (χ2v) is 4.60. The first kappa shape index (κ1) is 15.1. The van der Waals surface area contributed by atoms with Crippen LogP contribution in [0.5, 0.6) is 0 Å². The minimum absolute atomic E-state index is 0.0816. The molecule has 1 rings (SSSR count). The minimum Gasteiger partial charge on any atom is -0.393 e. The SMILES string of the molecule is CC(=O)c1cccc(NC(=O)NCC(C)(O)CO)c1. The van der Waals surface area contributed by atoms with Crippen molar-refractivity contribution in [2.75, 3.05) is 18.5 Å². The number of ketones is 1. The predicted octanol–water partition coefficient (Wildman–Crippen LogP) is 0.754. The van der Waals surface area contributed by atoms with E-state index in [2.05, 4.69) is 10.6 Å². The summed E-state index contributed by atoms with van der Waals surface area (Å²) in [7, 11) is 0. The molecule has 4 N–H and O–H groups in total. The highest BCUT2D eigenvalue weighted by atomic mass is 16.3. The molecule has 0 radical (unpaired) electrons. The number of amides is 2. The number of hydrogen-bond acceptors (Lipinski definition) is 4. The van der Waals surface area contributed by atoms with Crippen LogP contribution in [0.15, 0.2) is 24.3 Å². The monoisotopic (exact) mass is 266 g/mol. The third kappa shape index (κ3) is 5.07. The molecule has 0 heterocycles. The maximum atomic E-state index is 11.6. The molecule has 1 unspecified atom stereocenters. The Balaban J connectivity index is 2.58. The zero-order valence-electron chi connectivity index (χ0n) is 10.9. The highest BCUT2D eigenvalue weighted by molar-refractivity contribution is 5.96. The van der Waals surface area contributed by atoms with Gasteiger partial charge in [0.05, 0.1) is 13.2 Å². The summed E-state index contributed by atoms with van der Waals surface area (Å²) in [6, 6.07) is 6.01. The molecule has 0 aliphatic heterocycles. The van der Waals surface area contributed by atoms with E-state index in [9.17, 15) is 14.7 Å². The Kier molecular flexibility index (Phi) is 5.02. The summed E-state index contributed by atoms with van der Waals surface area (Å²) in [4.78, 5) is 22.7. The number of urea groups is 1. The molecule has 0 spiro atoms. The van der Waals surface area contributed by atoms with Crippen molar-refractivity contribution in [2.45, 2.75) is 19.4 Å². The highest BCUT2D eigenvalue weighted by Gasteiger charge is 2.19. The van der Waals surface area contributed by atoms with Crippen molar-refractivity contribution in [3.05, 3.63) is 29.8 Å². The average molecular weight is 266 g/mol. The molecule has 6 nitrogen and oxygen atoms in total. The molecule has 104 valence electrons. The van der Waals surface area contributed by atoms with Crippen LogP contribution < -0.4 is 10.6 Å². The lowest BCUT2D eigenvalue weighted by molar-refractivity contribution is 0.00514. The average Bonchev–Trinajstić information content (AvgIpc) is 2.37. The Morgan fingerprint density at radius 2 is 2.05 bits per heavy atom. The summed E-state index contributed by atoms with van der Waals surface area (Å²) in [5.74, 6) is -0.0905. The molecule has 0 saturated carbocycles. The smallest absolute Gasteiger partial charge is 0.319 e. The molecule has 6 heteroatoms. The van der Waals surface area contributed by atoms with E-state index in [0.717, 1.165) is 0 Å². The third-order valence-corrected chi connectivity index (χ3v) is 2.50. The number of rotatable bonds is 5. The number of nitrogens with one attached hydrogen (secondary N) is 2. The van der Waals surface area contributed by atoms with Gasteiger partial charge in [-0.05, 0) is 26.0 Å². The maximum Gasteiger partial charge on any atom is 0.319 e. The standard InChI is InChI=1S/C13H18N2O4/c1-9(17)10-4-3-5-11(6-10)15-12(18)14-7-13(2,19)8-16/h3-6,16,19H,7-8H2,1-2H3,(H2,14,15,18). The number of anilines is 1. The largest absolute Gasteiger partial charge is 0.393 e. The fraction of sp³-hybridized carbons (Fsp3) is 0.385. The van der Waals surface area contributed by atoms with Gasteiger partial charge in [0, 0.05) is 11.3 Å². The van der Waals surface area contributed by atoms with Crippen molar-refractivity contribution >= 4 is 17.5 Å². The fourth-order valence-electron chi connectivity index (χ4n) is 1.32. The van der Waals surface area contributed by atoms with E-state index in [4.69, 9.17) is 5.11 Å². The molecule has 0 fully saturated rings. The second-order valence-electron chi connectivity index (χ2n) is 4.60. The van der Waals surface area contributed by atoms with Gasteiger partial charge in [-0.3, -0.25) is 4.79 Å². The lowest BCUT2D eigenvalue weighted by atomic mass is 10.1. The van der Waals surface area contributed by atoms with Crippen LogP contribution >= 0.6 is 0 Å². The van der Waals surface area contributed by atoms with Gasteiger partial charge in [-0.1, -0.05) is 12.1 Å². The number of carbonyl (C=O) groups excluding carboxylic acids is 2. The molecule has 0 aliphatic carbocycles. The Labute approximate surface area is 111 Å². The molecule has 0 aliphatic rings. The Hall–Kier alpha value is -1.92. The zero-order chi connectivity index (χ0) is 14.5. The van der Waals surface area contributed by atoms with Gasteiger partial charge >= 0.3 is 6.03 Å². The van der Waals surface area contributed by atoms with Crippen LogP contribution in [0.2, 0.25) is 0 Å². The van der Waals surface area contributed by atoms with Crippen molar-refractivity contribution in [1.82, 2.24) is 5.32 Å². The third-order valence-electron chi connectivity index (χ3n) is 2.50. The number of aliphatic hydroxyl groups is 2. The van der Waals surface area contributed by atoms with E-state index in [1.807, 2.05) is 0 Å². The van der Waals surface area contributed by atoms with Gasteiger partial charge < -0.3 is 20.8 Å². The van der Waals surface area contributed by atoms with Crippen molar-refractivity contribution < 1.29 is 19.8 Å². The van der Waals surface area contributed by atoms with Gasteiger partial charge in [0.2, 0.25) is 0 Å². The lowest BCUT2D eigenvalue weighted by Crippen LogP contribution is -2.44.